The zero-order chi connectivity index (χ0) is 13.6. The van der Waals surface area contributed by atoms with Crippen molar-refractivity contribution in [3.63, 3.8) is 0 Å². The SMILES string of the molecule is COc1c2c(c3c(c1OC)OCO3)C(=O)O[C@H](C)C2. The largest absolute Gasteiger partial charge is 0.492 e. The lowest BCUT2D eigenvalue weighted by molar-refractivity contribution is 0.0293. The fourth-order valence-corrected chi connectivity index (χ4v) is 2.51. The van der Waals surface area contributed by atoms with Crippen LogP contribution in [0.3, 0.4) is 0 Å². The molecule has 0 N–H and O–H groups in total. The molecule has 1 aromatic rings. The van der Waals surface area contributed by atoms with E-state index in [0.717, 1.165) is 5.56 Å². The van der Waals surface area contributed by atoms with Crippen molar-refractivity contribution in [1.82, 2.24) is 0 Å². The standard InChI is InChI=1S/C13H14O6/c1-6-4-7-8(13(14)19-6)10-12(18-5-17-10)11(16-3)9(7)15-2/h6H,4-5H2,1-3H3/t6-/m1/s1. The van der Waals surface area contributed by atoms with Gasteiger partial charge in [-0.2, -0.15) is 0 Å². The highest BCUT2D eigenvalue weighted by atomic mass is 16.7. The van der Waals surface area contributed by atoms with Crippen LogP contribution in [0.15, 0.2) is 0 Å². The minimum atomic E-state index is -0.420. The zero-order valence-corrected chi connectivity index (χ0v) is 10.9. The van der Waals surface area contributed by atoms with Crippen molar-refractivity contribution in [2.75, 3.05) is 21.0 Å². The van der Waals surface area contributed by atoms with Gasteiger partial charge in [0.05, 0.1) is 14.2 Å². The number of ether oxygens (including phenoxy) is 5. The molecule has 102 valence electrons. The Morgan fingerprint density at radius 2 is 1.79 bits per heavy atom. The van der Waals surface area contributed by atoms with Gasteiger partial charge >= 0.3 is 5.97 Å². The van der Waals surface area contributed by atoms with Crippen molar-refractivity contribution < 1.29 is 28.5 Å². The van der Waals surface area contributed by atoms with Crippen LogP contribution in [0.1, 0.15) is 22.8 Å². The Balaban J connectivity index is 2.32. The summed E-state index contributed by atoms with van der Waals surface area (Å²) in [5.74, 6) is 1.31. The Morgan fingerprint density at radius 1 is 1.11 bits per heavy atom. The lowest BCUT2D eigenvalue weighted by Crippen LogP contribution is -2.26. The molecule has 2 aliphatic rings. The molecule has 6 nitrogen and oxygen atoms in total. The highest BCUT2D eigenvalue weighted by molar-refractivity contribution is 5.98. The van der Waals surface area contributed by atoms with E-state index in [9.17, 15) is 4.79 Å². The second-order valence-corrected chi connectivity index (χ2v) is 4.40. The Morgan fingerprint density at radius 3 is 2.47 bits per heavy atom. The number of rotatable bonds is 2. The van der Waals surface area contributed by atoms with Gasteiger partial charge in [0.1, 0.15) is 11.7 Å². The topological polar surface area (TPSA) is 63.2 Å². The van der Waals surface area contributed by atoms with Crippen LogP contribution in [-0.2, 0) is 11.2 Å². The molecule has 0 saturated carbocycles. The molecular weight excluding hydrogens is 252 g/mol. The first-order chi connectivity index (χ1) is 9.17. The number of benzene rings is 1. The lowest BCUT2D eigenvalue weighted by Gasteiger charge is -2.25. The molecule has 0 aliphatic carbocycles. The van der Waals surface area contributed by atoms with E-state index >= 15 is 0 Å². The summed E-state index contributed by atoms with van der Waals surface area (Å²) in [5.41, 5.74) is 1.12. The van der Waals surface area contributed by atoms with E-state index < -0.39 is 5.97 Å². The second-order valence-electron chi connectivity index (χ2n) is 4.40. The average molecular weight is 266 g/mol. The van der Waals surface area contributed by atoms with Crippen LogP contribution in [0.4, 0.5) is 0 Å². The van der Waals surface area contributed by atoms with Crippen molar-refractivity contribution in [3.8, 4) is 23.0 Å². The van der Waals surface area contributed by atoms with Gasteiger partial charge in [-0.15, -0.1) is 0 Å². The average Bonchev–Trinajstić information content (AvgIpc) is 2.84. The van der Waals surface area contributed by atoms with Gasteiger partial charge in [0.25, 0.3) is 0 Å². The molecule has 0 unspecified atom stereocenters. The van der Waals surface area contributed by atoms with Gasteiger partial charge < -0.3 is 23.7 Å². The van der Waals surface area contributed by atoms with E-state index in [2.05, 4.69) is 0 Å². The van der Waals surface area contributed by atoms with E-state index in [1.165, 1.54) is 14.2 Å². The third-order valence-electron chi connectivity index (χ3n) is 3.24. The van der Waals surface area contributed by atoms with Crippen molar-refractivity contribution in [3.05, 3.63) is 11.1 Å². The van der Waals surface area contributed by atoms with Gasteiger partial charge in [0, 0.05) is 12.0 Å². The first kappa shape index (κ1) is 12.0. The lowest BCUT2D eigenvalue weighted by atomic mass is 9.96. The van der Waals surface area contributed by atoms with Crippen molar-refractivity contribution in [2.24, 2.45) is 0 Å². The van der Waals surface area contributed by atoms with Crippen LogP contribution in [0, 0.1) is 0 Å². The van der Waals surface area contributed by atoms with E-state index in [4.69, 9.17) is 23.7 Å². The molecule has 0 fully saturated rings. The van der Waals surface area contributed by atoms with Gasteiger partial charge in [-0.05, 0) is 6.92 Å². The molecule has 0 spiro atoms. The number of cyclic esters (lactones) is 1. The third kappa shape index (κ3) is 1.59. The molecule has 0 aromatic heterocycles. The molecule has 1 aromatic carbocycles. The molecule has 2 aliphatic heterocycles. The molecule has 3 rings (SSSR count). The van der Waals surface area contributed by atoms with E-state index in [-0.39, 0.29) is 12.9 Å². The van der Waals surface area contributed by atoms with Crippen LogP contribution in [0.25, 0.3) is 0 Å². The summed E-state index contributed by atoms with van der Waals surface area (Å²) in [5, 5.41) is 0. The van der Waals surface area contributed by atoms with Crippen LogP contribution < -0.4 is 18.9 Å². The Kier molecular flexibility index (Phi) is 2.66. The second kappa shape index (κ2) is 4.22. The minimum Gasteiger partial charge on any atom is -0.492 e. The molecular formula is C13H14O6. The molecule has 0 saturated heterocycles. The number of methoxy groups -OCH3 is 2. The first-order valence-corrected chi connectivity index (χ1v) is 5.94. The maximum atomic E-state index is 12.1. The van der Waals surface area contributed by atoms with Crippen molar-refractivity contribution in [2.45, 2.75) is 19.4 Å². The van der Waals surface area contributed by atoms with Crippen LogP contribution in [-0.4, -0.2) is 33.1 Å². The van der Waals surface area contributed by atoms with Crippen LogP contribution in [0.2, 0.25) is 0 Å². The van der Waals surface area contributed by atoms with Gasteiger partial charge in [-0.3, -0.25) is 0 Å². The molecule has 19 heavy (non-hydrogen) atoms. The quantitative estimate of drug-likeness (QED) is 0.756. The number of carbonyl (C=O) groups excluding carboxylic acids is 1. The van der Waals surface area contributed by atoms with E-state index in [0.29, 0.717) is 35.0 Å². The number of fused-ring (bicyclic) bond motifs is 3. The number of hydrogen-bond donors (Lipinski definition) is 0. The van der Waals surface area contributed by atoms with Crippen LogP contribution in [0.5, 0.6) is 23.0 Å². The fraction of sp³-hybridized carbons (Fsp3) is 0.462. The first-order valence-electron chi connectivity index (χ1n) is 5.94. The smallest absolute Gasteiger partial charge is 0.342 e. The maximum Gasteiger partial charge on any atom is 0.342 e. The minimum absolute atomic E-state index is 0.0497. The molecule has 0 amide bonds. The highest BCUT2D eigenvalue weighted by Crippen LogP contribution is 2.53. The van der Waals surface area contributed by atoms with Gasteiger partial charge in [-0.1, -0.05) is 0 Å². The van der Waals surface area contributed by atoms with Crippen molar-refractivity contribution >= 4 is 5.97 Å². The monoisotopic (exact) mass is 266 g/mol. The summed E-state index contributed by atoms with van der Waals surface area (Å²) in [6, 6.07) is 0. The molecule has 0 bridgehead atoms. The normalized spacial score (nSPS) is 19.7. The molecule has 1 atom stereocenters. The molecule has 0 radical (unpaired) electrons. The number of hydrogen-bond acceptors (Lipinski definition) is 6. The summed E-state index contributed by atoms with van der Waals surface area (Å²) in [6.07, 6.45) is 0.344. The zero-order valence-electron chi connectivity index (χ0n) is 10.9. The summed E-state index contributed by atoms with van der Waals surface area (Å²) in [7, 11) is 3.06. The maximum absolute atomic E-state index is 12.1. The van der Waals surface area contributed by atoms with Crippen LogP contribution >= 0.6 is 0 Å². The van der Waals surface area contributed by atoms with Gasteiger partial charge in [-0.25, -0.2) is 4.79 Å². The van der Waals surface area contributed by atoms with Gasteiger partial charge in [0.2, 0.25) is 18.3 Å². The Bertz CT molecular complexity index is 551. The van der Waals surface area contributed by atoms with Gasteiger partial charge in [0.15, 0.2) is 11.5 Å². The fourth-order valence-electron chi connectivity index (χ4n) is 2.51. The molecule has 2 heterocycles. The van der Waals surface area contributed by atoms with Crippen molar-refractivity contribution in [1.29, 1.82) is 0 Å². The summed E-state index contributed by atoms with van der Waals surface area (Å²) in [6.45, 7) is 1.88. The Hall–Kier alpha value is -2.11. The highest BCUT2D eigenvalue weighted by Gasteiger charge is 2.38. The van der Waals surface area contributed by atoms with E-state index in [1.807, 2.05) is 6.92 Å². The number of carbonyl (C=O) groups is 1. The Labute approximate surface area is 110 Å². The summed E-state index contributed by atoms with van der Waals surface area (Å²) in [4.78, 5) is 12.1. The molecule has 6 heteroatoms. The summed E-state index contributed by atoms with van der Waals surface area (Å²) >= 11 is 0. The third-order valence-corrected chi connectivity index (χ3v) is 3.24. The predicted molar refractivity (Wildman–Crippen MR) is 64.3 cm³/mol. The summed E-state index contributed by atoms with van der Waals surface area (Å²) < 4.78 is 26.7. The predicted octanol–water partition coefficient (Wildman–Crippen LogP) is 1.53. The number of esters is 1. The van der Waals surface area contributed by atoms with E-state index in [1.54, 1.807) is 0 Å².